The lowest BCUT2D eigenvalue weighted by molar-refractivity contribution is 0.0947. The summed E-state index contributed by atoms with van der Waals surface area (Å²) in [6.45, 7) is 6.09. The van der Waals surface area contributed by atoms with Crippen LogP contribution in [0.1, 0.15) is 35.3 Å². The first-order valence-corrected chi connectivity index (χ1v) is 11.5. The summed E-state index contributed by atoms with van der Waals surface area (Å²) in [5.41, 5.74) is 2.47. The van der Waals surface area contributed by atoms with E-state index in [1.54, 1.807) is 18.3 Å². The Hall–Kier alpha value is -4.40. The van der Waals surface area contributed by atoms with Crippen molar-refractivity contribution in [2.45, 2.75) is 26.9 Å². The van der Waals surface area contributed by atoms with Crippen molar-refractivity contribution in [2.24, 2.45) is 0 Å². The van der Waals surface area contributed by atoms with Gasteiger partial charge in [-0.1, -0.05) is 24.3 Å². The minimum Gasteiger partial charge on any atom is -0.494 e. The predicted octanol–water partition coefficient (Wildman–Crippen LogP) is 4.38. The molecule has 4 rings (SSSR count). The van der Waals surface area contributed by atoms with Crippen LogP contribution in [-0.4, -0.2) is 38.9 Å². The molecule has 9 heteroatoms. The van der Waals surface area contributed by atoms with Gasteiger partial charge in [-0.25, -0.2) is 0 Å². The molecule has 180 valence electrons. The quantitative estimate of drug-likeness (QED) is 0.331. The number of rotatable bonds is 11. The standard InChI is InChI=1S/C26H28N6O3/c1-3-34-22-11-7-19(8-12-22)16-28-25-30-26(29-17-20-9-13-23(14-10-20)35-4-2)32(31-25)24(33)21-6-5-15-27-18-21/h5-15,18H,3-4,16-17H2,1-2H3,(H2,28,29,30,31). The molecule has 0 atom stereocenters. The molecule has 0 amide bonds. The van der Waals surface area contributed by atoms with Crippen LogP contribution in [0.25, 0.3) is 0 Å². The second-order valence-corrected chi connectivity index (χ2v) is 7.58. The number of ether oxygens (including phenoxy) is 2. The Labute approximate surface area is 204 Å². The maximum atomic E-state index is 13.1. The van der Waals surface area contributed by atoms with Gasteiger partial charge in [0.15, 0.2) is 0 Å². The predicted molar refractivity (Wildman–Crippen MR) is 134 cm³/mol. The number of nitrogens with zero attached hydrogens (tertiary/aromatic N) is 4. The fraction of sp³-hybridized carbons (Fsp3) is 0.231. The highest BCUT2D eigenvalue weighted by Gasteiger charge is 2.18. The Morgan fingerprint density at radius 1 is 0.857 bits per heavy atom. The van der Waals surface area contributed by atoms with Crippen LogP contribution in [0.4, 0.5) is 11.9 Å². The van der Waals surface area contributed by atoms with Gasteiger partial charge in [0.2, 0.25) is 11.9 Å². The molecule has 0 bridgehead atoms. The third-order valence-corrected chi connectivity index (χ3v) is 5.08. The van der Waals surface area contributed by atoms with Crippen LogP contribution >= 0.6 is 0 Å². The Morgan fingerprint density at radius 2 is 1.46 bits per heavy atom. The van der Waals surface area contributed by atoms with Crippen LogP contribution < -0.4 is 20.1 Å². The Bertz CT molecular complexity index is 1220. The molecule has 0 saturated carbocycles. The number of carbonyl (C=O) groups is 1. The lowest BCUT2D eigenvalue weighted by atomic mass is 10.2. The van der Waals surface area contributed by atoms with E-state index in [4.69, 9.17) is 9.47 Å². The van der Waals surface area contributed by atoms with Gasteiger partial charge < -0.3 is 20.1 Å². The summed E-state index contributed by atoms with van der Waals surface area (Å²) in [4.78, 5) is 21.7. The van der Waals surface area contributed by atoms with E-state index in [0.717, 1.165) is 22.6 Å². The van der Waals surface area contributed by atoms with Crippen molar-refractivity contribution in [3.63, 3.8) is 0 Å². The highest BCUT2D eigenvalue weighted by atomic mass is 16.5. The molecule has 2 N–H and O–H groups in total. The number of carbonyl (C=O) groups excluding carboxylic acids is 1. The zero-order valence-corrected chi connectivity index (χ0v) is 19.8. The molecule has 0 radical (unpaired) electrons. The van der Waals surface area contributed by atoms with Crippen molar-refractivity contribution in [1.82, 2.24) is 19.7 Å². The van der Waals surface area contributed by atoms with Gasteiger partial charge in [-0.2, -0.15) is 9.67 Å². The molecule has 35 heavy (non-hydrogen) atoms. The molecule has 2 heterocycles. The van der Waals surface area contributed by atoms with Gasteiger partial charge in [-0.3, -0.25) is 9.78 Å². The average Bonchev–Trinajstić information content (AvgIpc) is 3.31. The first kappa shape index (κ1) is 23.7. The van der Waals surface area contributed by atoms with Gasteiger partial charge in [-0.15, -0.1) is 5.10 Å². The number of nitrogens with one attached hydrogen (secondary N) is 2. The summed E-state index contributed by atoms with van der Waals surface area (Å²) in [5, 5.41) is 10.8. The van der Waals surface area contributed by atoms with E-state index in [2.05, 4.69) is 25.7 Å². The number of aromatic nitrogens is 4. The highest BCUT2D eigenvalue weighted by Crippen LogP contribution is 2.17. The van der Waals surface area contributed by atoms with E-state index in [9.17, 15) is 4.79 Å². The van der Waals surface area contributed by atoms with Gasteiger partial charge in [0, 0.05) is 25.5 Å². The topological polar surface area (TPSA) is 103 Å². The fourth-order valence-electron chi connectivity index (χ4n) is 3.36. The van der Waals surface area contributed by atoms with Crippen LogP contribution in [0, 0.1) is 0 Å². The van der Waals surface area contributed by atoms with Gasteiger partial charge >= 0.3 is 0 Å². The molecule has 0 aliphatic heterocycles. The zero-order chi connectivity index (χ0) is 24.5. The third-order valence-electron chi connectivity index (χ3n) is 5.08. The zero-order valence-electron chi connectivity index (χ0n) is 19.8. The Kier molecular flexibility index (Phi) is 7.90. The summed E-state index contributed by atoms with van der Waals surface area (Å²) < 4.78 is 12.2. The first-order valence-electron chi connectivity index (χ1n) is 11.5. The molecule has 4 aromatic rings. The van der Waals surface area contributed by atoms with Gasteiger partial charge in [0.1, 0.15) is 11.5 Å². The summed E-state index contributed by atoms with van der Waals surface area (Å²) in [7, 11) is 0. The molecule has 2 aromatic carbocycles. The minimum absolute atomic E-state index is 0.325. The molecule has 9 nitrogen and oxygen atoms in total. The van der Waals surface area contributed by atoms with E-state index in [1.165, 1.54) is 10.9 Å². The molecule has 0 saturated heterocycles. The number of hydrogen-bond donors (Lipinski definition) is 2. The van der Waals surface area contributed by atoms with Crippen molar-refractivity contribution in [3.05, 3.63) is 89.7 Å². The molecular weight excluding hydrogens is 444 g/mol. The maximum absolute atomic E-state index is 13.1. The lowest BCUT2D eigenvalue weighted by Gasteiger charge is -2.08. The molecule has 0 aliphatic carbocycles. The second-order valence-electron chi connectivity index (χ2n) is 7.58. The van der Waals surface area contributed by atoms with Crippen LogP contribution in [-0.2, 0) is 13.1 Å². The largest absolute Gasteiger partial charge is 0.494 e. The van der Waals surface area contributed by atoms with Crippen molar-refractivity contribution in [2.75, 3.05) is 23.8 Å². The summed E-state index contributed by atoms with van der Waals surface area (Å²) in [5.74, 6) is 1.98. The summed E-state index contributed by atoms with van der Waals surface area (Å²) in [6.07, 6.45) is 3.13. The van der Waals surface area contributed by atoms with E-state index >= 15 is 0 Å². The number of benzene rings is 2. The van der Waals surface area contributed by atoms with Crippen LogP contribution in [0.15, 0.2) is 73.1 Å². The summed E-state index contributed by atoms with van der Waals surface area (Å²) >= 11 is 0. The number of pyridine rings is 1. The number of hydrogen-bond acceptors (Lipinski definition) is 8. The lowest BCUT2D eigenvalue weighted by Crippen LogP contribution is -2.17. The maximum Gasteiger partial charge on any atom is 0.283 e. The van der Waals surface area contributed by atoms with Crippen LogP contribution in [0.5, 0.6) is 11.5 Å². The van der Waals surface area contributed by atoms with Crippen LogP contribution in [0.3, 0.4) is 0 Å². The van der Waals surface area contributed by atoms with Crippen molar-refractivity contribution < 1.29 is 14.3 Å². The van der Waals surface area contributed by atoms with E-state index in [-0.39, 0.29) is 5.91 Å². The molecule has 2 aromatic heterocycles. The van der Waals surface area contributed by atoms with Crippen molar-refractivity contribution in [1.29, 1.82) is 0 Å². The molecule has 0 unspecified atom stereocenters. The molecule has 0 aliphatic rings. The molecular formula is C26H28N6O3. The normalized spacial score (nSPS) is 10.6. The number of anilines is 2. The Balaban J connectivity index is 1.50. The molecule has 0 spiro atoms. The van der Waals surface area contributed by atoms with Crippen molar-refractivity contribution in [3.8, 4) is 11.5 Å². The van der Waals surface area contributed by atoms with Crippen molar-refractivity contribution >= 4 is 17.8 Å². The fourth-order valence-corrected chi connectivity index (χ4v) is 3.36. The SMILES string of the molecule is CCOc1ccc(CNc2nc(NCc3ccc(OCC)cc3)n(C(=O)c3cccnc3)n2)cc1. The highest BCUT2D eigenvalue weighted by molar-refractivity contribution is 5.96. The third kappa shape index (κ3) is 6.35. The van der Waals surface area contributed by atoms with Gasteiger partial charge in [0.25, 0.3) is 5.91 Å². The van der Waals surface area contributed by atoms with Gasteiger partial charge in [-0.05, 0) is 61.4 Å². The second kappa shape index (κ2) is 11.6. The monoisotopic (exact) mass is 472 g/mol. The van der Waals surface area contributed by atoms with Crippen LogP contribution in [0.2, 0.25) is 0 Å². The van der Waals surface area contributed by atoms with Gasteiger partial charge in [0.05, 0.1) is 18.8 Å². The van der Waals surface area contributed by atoms with E-state index < -0.39 is 0 Å². The minimum atomic E-state index is -0.325. The average molecular weight is 473 g/mol. The first-order chi connectivity index (χ1) is 17.2. The molecule has 0 fully saturated rings. The van der Waals surface area contributed by atoms with E-state index in [0.29, 0.717) is 43.8 Å². The summed E-state index contributed by atoms with van der Waals surface area (Å²) in [6, 6.07) is 18.9. The Morgan fingerprint density at radius 3 is 2.00 bits per heavy atom. The smallest absolute Gasteiger partial charge is 0.283 e. The van der Waals surface area contributed by atoms with E-state index in [1.807, 2.05) is 62.4 Å².